The zero-order valence-electron chi connectivity index (χ0n) is 14.6. The van der Waals surface area contributed by atoms with Gasteiger partial charge in [0.25, 0.3) is 0 Å². The highest BCUT2D eigenvalue weighted by Crippen LogP contribution is 2.47. The molecule has 2 amide bonds. The molecule has 1 unspecified atom stereocenters. The molecular weight excluding hydrogens is 348 g/mol. The number of carbonyl (C=O) groups is 2. The summed E-state index contributed by atoms with van der Waals surface area (Å²) in [5.41, 5.74) is 1.06. The van der Waals surface area contributed by atoms with Crippen molar-refractivity contribution in [1.29, 1.82) is 0 Å². The van der Waals surface area contributed by atoms with Gasteiger partial charge in [0.15, 0.2) is 5.78 Å². The van der Waals surface area contributed by atoms with Crippen LogP contribution in [0.25, 0.3) is 0 Å². The summed E-state index contributed by atoms with van der Waals surface area (Å²) in [7, 11) is 0. The van der Waals surface area contributed by atoms with E-state index in [0.29, 0.717) is 19.4 Å². The van der Waals surface area contributed by atoms with Gasteiger partial charge in [-0.15, -0.1) is 0 Å². The molecule has 7 heteroatoms. The van der Waals surface area contributed by atoms with Gasteiger partial charge in [0, 0.05) is 12.6 Å². The summed E-state index contributed by atoms with van der Waals surface area (Å²) in [5.74, 6) is -0.646. The molecule has 2 aromatic carbocycles. The Hall–Kier alpha value is -3.22. The Labute approximate surface area is 156 Å². The maximum atomic E-state index is 12.7. The highest BCUT2D eigenvalue weighted by Gasteiger charge is 2.35. The van der Waals surface area contributed by atoms with Gasteiger partial charge in [-0.1, -0.05) is 30.3 Å². The van der Waals surface area contributed by atoms with E-state index >= 15 is 0 Å². The molecule has 2 aliphatic rings. The number of ether oxygens (including phenoxy) is 1. The van der Waals surface area contributed by atoms with Crippen LogP contribution in [0.3, 0.4) is 0 Å². The lowest BCUT2D eigenvalue weighted by atomic mass is 9.91. The minimum Gasteiger partial charge on any atom is -0.507 e. The van der Waals surface area contributed by atoms with Crippen LogP contribution in [0.15, 0.2) is 36.4 Å². The van der Waals surface area contributed by atoms with Crippen molar-refractivity contribution in [2.45, 2.75) is 31.4 Å². The molecule has 2 atom stereocenters. The number of fused-ring (bicyclic) bond motifs is 1. The third-order valence-corrected chi connectivity index (χ3v) is 4.98. The lowest BCUT2D eigenvalue weighted by Crippen LogP contribution is -2.35. The summed E-state index contributed by atoms with van der Waals surface area (Å²) in [6.07, 6.45) is 0.825. The van der Waals surface area contributed by atoms with Crippen LogP contribution in [0.1, 0.15) is 52.9 Å². The Kier molecular flexibility index (Phi) is 4.35. The number of Topliss-reactive ketones (excluding diaryl/α,β-unsaturated/α-hetero) is 1. The lowest BCUT2D eigenvalue weighted by Gasteiger charge is -2.28. The van der Waals surface area contributed by atoms with Gasteiger partial charge in [-0.2, -0.15) is 0 Å². The number of carbonyl (C=O) groups excluding carboxylic acids is 2. The molecule has 4 N–H and O–H groups in total. The van der Waals surface area contributed by atoms with Crippen LogP contribution in [-0.4, -0.2) is 28.6 Å². The number of amides is 2. The Bertz CT molecular complexity index is 897. The van der Waals surface area contributed by atoms with Crippen molar-refractivity contribution in [3.63, 3.8) is 0 Å². The predicted molar refractivity (Wildman–Crippen MR) is 97.0 cm³/mol. The Balaban J connectivity index is 1.72. The summed E-state index contributed by atoms with van der Waals surface area (Å²) in [6.45, 7) is 0.510. The SMILES string of the molecule is O=C1NCCCC(c2c(O)cc3c(c2O)C(=O)C[C@@H](c2ccccc2)O3)N1. The Morgan fingerprint density at radius 2 is 1.89 bits per heavy atom. The average molecular weight is 368 g/mol. The van der Waals surface area contributed by atoms with Gasteiger partial charge < -0.3 is 25.6 Å². The number of rotatable bonds is 2. The van der Waals surface area contributed by atoms with Gasteiger partial charge in [-0.25, -0.2) is 4.79 Å². The molecule has 2 aliphatic heterocycles. The van der Waals surface area contributed by atoms with E-state index in [-0.39, 0.29) is 46.6 Å². The molecule has 1 fully saturated rings. The largest absolute Gasteiger partial charge is 0.507 e. The minimum absolute atomic E-state index is 0.0569. The highest BCUT2D eigenvalue weighted by atomic mass is 16.5. The minimum atomic E-state index is -0.586. The standard InChI is InChI=1S/C20H20N2O5/c23-13-10-16-18(14(24)9-15(27-16)11-5-2-1-3-6-11)19(25)17(13)12-7-4-8-21-20(26)22-12/h1-3,5-6,10,12,15,23,25H,4,7-9H2,(H2,21,22,26)/t12?,15-/m0/s1. The predicted octanol–water partition coefficient (Wildman–Crippen LogP) is 2.94. The maximum Gasteiger partial charge on any atom is 0.315 e. The molecule has 0 saturated carbocycles. The van der Waals surface area contributed by atoms with Gasteiger partial charge in [0.05, 0.1) is 18.0 Å². The first-order valence-electron chi connectivity index (χ1n) is 8.92. The summed E-state index contributed by atoms with van der Waals surface area (Å²) in [5, 5.41) is 26.6. The van der Waals surface area contributed by atoms with Crippen LogP contribution in [0.2, 0.25) is 0 Å². The van der Waals surface area contributed by atoms with E-state index in [1.165, 1.54) is 6.07 Å². The van der Waals surface area contributed by atoms with Crippen LogP contribution in [0.4, 0.5) is 4.79 Å². The quantitative estimate of drug-likeness (QED) is 0.652. The molecule has 7 nitrogen and oxygen atoms in total. The van der Waals surface area contributed by atoms with Crippen molar-refractivity contribution in [1.82, 2.24) is 10.6 Å². The number of phenols is 2. The Morgan fingerprint density at radius 1 is 1.11 bits per heavy atom. The molecule has 140 valence electrons. The molecule has 0 aliphatic carbocycles. The number of aromatic hydroxyl groups is 2. The van der Waals surface area contributed by atoms with E-state index in [0.717, 1.165) is 5.56 Å². The van der Waals surface area contributed by atoms with Crippen molar-refractivity contribution < 1.29 is 24.5 Å². The fourth-order valence-corrected chi connectivity index (χ4v) is 3.68. The maximum absolute atomic E-state index is 12.7. The smallest absolute Gasteiger partial charge is 0.315 e. The molecular formula is C20H20N2O5. The molecule has 0 aromatic heterocycles. The van der Waals surface area contributed by atoms with E-state index in [1.807, 2.05) is 30.3 Å². The first-order valence-corrected chi connectivity index (χ1v) is 8.92. The van der Waals surface area contributed by atoms with Gasteiger partial charge >= 0.3 is 6.03 Å². The van der Waals surface area contributed by atoms with Gasteiger partial charge in [-0.3, -0.25) is 4.79 Å². The number of hydrogen-bond donors (Lipinski definition) is 4. The molecule has 2 heterocycles. The van der Waals surface area contributed by atoms with Crippen molar-refractivity contribution in [2.24, 2.45) is 0 Å². The van der Waals surface area contributed by atoms with Crippen molar-refractivity contribution in [2.75, 3.05) is 6.54 Å². The number of ketones is 1. The zero-order valence-corrected chi connectivity index (χ0v) is 14.6. The van der Waals surface area contributed by atoms with Crippen molar-refractivity contribution in [3.8, 4) is 17.2 Å². The van der Waals surface area contributed by atoms with Crippen LogP contribution < -0.4 is 15.4 Å². The van der Waals surface area contributed by atoms with Crippen LogP contribution in [0.5, 0.6) is 17.2 Å². The number of phenolic OH excluding ortho intramolecular Hbond substituents is 2. The Morgan fingerprint density at radius 3 is 2.67 bits per heavy atom. The van der Waals surface area contributed by atoms with Crippen molar-refractivity contribution >= 4 is 11.8 Å². The van der Waals surface area contributed by atoms with Crippen LogP contribution in [0, 0.1) is 0 Å². The molecule has 0 bridgehead atoms. The molecule has 0 spiro atoms. The number of benzene rings is 2. The van der Waals surface area contributed by atoms with Gasteiger partial charge in [0.2, 0.25) is 0 Å². The second-order valence-electron chi connectivity index (χ2n) is 6.77. The fraction of sp³-hybridized carbons (Fsp3) is 0.300. The molecule has 2 aromatic rings. The van der Waals surface area contributed by atoms with Crippen LogP contribution in [-0.2, 0) is 0 Å². The molecule has 4 rings (SSSR count). The average Bonchev–Trinajstić information content (AvgIpc) is 2.86. The van der Waals surface area contributed by atoms with E-state index < -0.39 is 12.1 Å². The number of urea groups is 1. The van der Waals surface area contributed by atoms with Crippen LogP contribution >= 0.6 is 0 Å². The highest BCUT2D eigenvalue weighted by molar-refractivity contribution is 6.03. The summed E-state index contributed by atoms with van der Waals surface area (Å²) in [6, 6.07) is 9.72. The van der Waals surface area contributed by atoms with E-state index in [4.69, 9.17) is 4.74 Å². The number of hydrogen-bond acceptors (Lipinski definition) is 5. The second kappa shape index (κ2) is 6.83. The summed E-state index contributed by atoms with van der Waals surface area (Å²) >= 11 is 0. The third-order valence-electron chi connectivity index (χ3n) is 4.98. The summed E-state index contributed by atoms with van der Waals surface area (Å²) < 4.78 is 5.90. The topological polar surface area (TPSA) is 108 Å². The number of nitrogens with one attached hydrogen (secondary N) is 2. The summed E-state index contributed by atoms with van der Waals surface area (Å²) in [4.78, 5) is 24.5. The molecule has 0 radical (unpaired) electrons. The van der Waals surface area contributed by atoms with Crippen molar-refractivity contribution in [3.05, 3.63) is 53.1 Å². The monoisotopic (exact) mass is 368 g/mol. The van der Waals surface area contributed by atoms with E-state index in [9.17, 15) is 19.8 Å². The lowest BCUT2D eigenvalue weighted by molar-refractivity contribution is 0.0844. The van der Waals surface area contributed by atoms with Gasteiger partial charge in [-0.05, 0) is 18.4 Å². The normalized spacial score (nSPS) is 22.1. The van der Waals surface area contributed by atoms with E-state index in [1.54, 1.807) is 0 Å². The first-order chi connectivity index (χ1) is 13.0. The molecule has 1 saturated heterocycles. The first kappa shape index (κ1) is 17.2. The fourth-order valence-electron chi connectivity index (χ4n) is 3.68. The second-order valence-corrected chi connectivity index (χ2v) is 6.77. The molecule has 27 heavy (non-hydrogen) atoms. The van der Waals surface area contributed by atoms with E-state index in [2.05, 4.69) is 10.6 Å². The third kappa shape index (κ3) is 3.16. The zero-order chi connectivity index (χ0) is 19.0. The van der Waals surface area contributed by atoms with Gasteiger partial charge in [0.1, 0.15) is 28.9 Å².